The Morgan fingerprint density at radius 2 is 2.13 bits per heavy atom. The van der Waals surface area contributed by atoms with E-state index in [0.29, 0.717) is 0 Å². The van der Waals surface area contributed by atoms with Gasteiger partial charge >= 0.3 is 6.18 Å². The second-order valence-corrected chi connectivity index (χ2v) is 3.25. The molecule has 0 aliphatic carbocycles. The molecule has 0 bridgehead atoms. The molecule has 0 saturated heterocycles. The molecule has 0 N–H and O–H groups in total. The van der Waals surface area contributed by atoms with E-state index in [4.69, 9.17) is 11.6 Å². The smallest absolute Gasteiger partial charge is 0.242 e. The van der Waals surface area contributed by atoms with Gasteiger partial charge in [-0.2, -0.15) is 13.2 Å². The van der Waals surface area contributed by atoms with Crippen LogP contribution in [0.4, 0.5) is 13.2 Å². The summed E-state index contributed by atoms with van der Waals surface area (Å²) in [6.45, 7) is -1.19. The molecule has 0 aliphatic rings. The molecule has 2 aromatic heterocycles. The van der Waals surface area contributed by atoms with Crippen molar-refractivity contribution in [2.75, 3.05) is 0 Å². The van der Waals surface area contributed by atoms with Crippen LogP contribution < -0.4 is 0 Å². The largest absolute Gasteiger partial charge is 0.408 e. The fourth-order valence-corrected chi connectivity index (χ4v) is 1.29. The predicted molar refractivity (Wildman–Crippen MR) is 46.4 cm³/mol. The van der Waals surface area contributed by atoms with Crippen LogP contribution in [0.3, 0.4) is 0 Å². The summed E-state index contributed by atoms with van der Waals surface area (Å²) >= 11 is 5.56. The van der Waals surface area contributed by atoms with E-state index in [1.165, 1.54) is 12.3 Å². The third kappa shape index (κ3) is 2.17. The van der Waals surface area contributed by atoms with Crippen molar-refractivity contribution in [3.05, 3.63) is 17.4 Å². The van der Waals surface area contributed by atoms with Crippen molar-refractivity contribution >= 4 is 22.6 Å². The highest BCUT2D eigenvalue weighted by Gasteiger charge is 2.29. The van der Waals surface area contributed by atoms with Gasteiger partial charge in [-0.15, -0.1) is 5.10 Å². The highest BCUT2D eigenvalue weighted by molar-refractivity contribution is 6.29. The van der Waals surface area contributed by atoms with Gasteiger partial charge in [-0.25, -0.2) is 9.67 Å². The molecule has 2 aromatic rings. The zero-order chi connectivity index (χ0) is 11.1. The number of hydrogen-bond donors (Lipinski definition) is 0. The average molecular weight is 237 g/mol. The molecule has 2 rings (SSSR count). The van der Waals surface area contributed by atoms with Gasteiger partial charge in [0.1, 0.15) is 17.2 Å². The van der Waals surface area contributed by atoms with Crippen molar-refractivity contribution in [1.29, 1.82) is 0 Å². The molecule has 4 nitrogen and oxygen atoms in total. The molecule has 8 heteroatoms. The molecule has 0 spiro atoms. The standard InChI is InChI=1S/C7H4ClF3N4/c8-6-1-5-4(2-12-6)13-14-15(5)3-7(9,10)11/h1-2H,3H2. The second kappa shape index (κ2) is 3.34. The summed E-state index contributed by atoms with van der Waals surface area (Å²) in [7, 11) is 0. The van der Waals surface area contributed by atoms with Gasteiger partial charge < -0.3 is 0 Å². The van der Waals surface area contributed by atoms with Crippen molar-refractivity contribution in [3.8, 4) is 0 Å². The van der Waals surface area contributed by atoms with Crippen LogP contribution in [0.1, 0.15) is 0 Å². The summed E-state index contributed by atoms with van der Waals surface area (Å²) in [5.41, 5.74) is 0.496. The van der Waals surface area contributed by atoms with Crippen molar-refractivity contribution in [1.82, 2.24) is 20.0 Å². The van der Waals surface area contributed by atoms with Crippen LogP contribution in [0.5, 0.6) is 0 Å². The van der Waals surface area contributed by atoms with E-state index in [-0.39, 0.29) is 16.2 Å². The summed E-state index contributed by atoms with van der Waals surface area (Å²) in [5, 5.41) is 7.01. The molecule has 0 unspecified atom stereocenters. The Morgan fingerprint density at radius 1 is 1.40 bits per heavy atom. The molecular formula is C7H4ClF3N4. The number of hydrogen-bond acceptors (Lipinski definition) is 3. The third-order valence-corrected chi connectivity index (χ3v) is 1.90. The molecule has 0 aliphatic heterocycles. The molecule has 15 heavy (non-hydrogen) atoms. The Labute approximate surface area is 86.7 Å². The fraction of sp³-hybridized carbons (Fsp3) is 0.286. The van der Waals surface area contributed by atoms with E-state index in [9.17, 15) is 13.2 Å². The topological polar surface area (TPSA) is 43.6 Å². The maximum absolute atomic E-state index is 12.1. The van der Waals surface area contributed by atoms with Gasteiger partial charge in [-0.1, -0.05) is 16.8 Å². The maximum Gasteiger partial charge on any atom is 0.408 e. The van der Waals surface area contributed by atoms with Crippen LogP contribution in [0.2, 0.25) is 5.15 Å². The van der Waals surface area contributed by atoms with Crippen LogP contribution in [0.15, 0.2) is 12.3 Å². The van der Waals surface area contributed by atoms with Crippen molar-refractivity contribution in [2.45, 2.75) is 12.7 Å². The average Bonchev–Trinajstić information content (AvgIpc) is 2.46. The summed E-state index contributed by atoms with van der Waals surface area (Å²) in [5.74, 6) is 0. The Hall–Kier alpha value is -1.37. The van der Waals surface area contributed by atoms with Gasteiger partial charge in [-0.3, -0.25) is 0 Å². The third-order valence-electron chi connectivity index (χ3n) is 1.70. The van der Waals surface area contributed by atoms with E-state index in [1.54, 1.807) is 0 Å². The molecule has 0 amide bonds. The van der Waals surface area contributed by atoms with E-state index >= 15 is 0 Å². The minimum atomic E-state index is -4.34. The molecule has 0 fully saturated rings. The van der Waals surface area contributed by atoms with Gasteiger partial charge in [0, 0.05) is 6.07 Å². The first kappa shape index (κ1) is 10.2. The Kier molecular flexibility index (Phi) is 2.26. The van der Waals surface area contributed by atoms with Crippen molar-refractivity contribution in [3.63, 3.8) is 0 Å². The normalized spacial score (nSPS) is 12.3. The van der Waals surface area contributed by atoms with E-state index < -0.39 is 12.7 Å². The van der Waals surface area contributed by atoms with Gasteiger partial charge in [0.05, 0.1) is 11.7 Å². The number of nitrogens with zero attached hydrogens (tertiary/aromatic N) is 4. The number of pyridine rings is 1. The number of alkyl halides is 3. The van der Waals surface area contributed by atoms with E-state index in [1.807, 2.05) is 0 Å². The monoisotopic (exact) mass is 236 g/mol. The molecule has 0 atom stereocenters. The lowest BCUT2D eigenvalue weighted by Crippen LogP contribution is -2.18. The van der Waals surface area contributed by atoms with E-state index in [0.717, 1.165) is 4.68 Å². The second-order valence-electron chi connectivity index (χ2n) is 2.86. The lowest BCUT2D eigenvalue weighted by Gasteiger charge is -2.05. The van der Waals surface area contributed by atoms with Crippen LogP contribution in [-0.2, 0) is 6.54 Å². The first-order valence-electron chi connectivity index (χ1n) is 3.87. The minimum Gasteiger partial charge on any atom is -0.242 e. The predicted octanol–water partition coefficient (Wildman–Crippen LogP) is 2.04. The lowest BCUT2D eigenvalue weighted by molar-refractivity contribution is -0.142. The van der Waals surface area contributed by atoms with Gasteiger partial charge in [0.2, 0.25) is 0 Å². The molecule has 2 heterocycles. The SMILES string of the molecule is FC(F)(F)Cn1nnc2cnc(Cl)cc21. The van der Waals surface area contributed by atoms with Crippen LogP contribution in [-0.4, -0.2) is 26.2 Å². The van der Waals surface area contributed by atoms with Crippen molar-refractivity contribution in [2.24, 2.45) is 0 Å². The zero-order valence-corrected chi connectivity index (χ0v) is 7.92. The maximum atomic E-state index is 12.1. The molecule has 80 valence electrons. The molecule has 0 saturated carbocycles. The minimum absolute atomic E-state index is 0.105. The van der Waals surface area contributed by atoms with Crippen LogP contribution in [0, 0.1) is 0 Å². The zero-order valence-electron chi connectivity index (χ0n) is 7.16. The number of aromatic nitrogens is 4. The van der Waals surface area contributed by atoms with Gasteiger partial charge in [0.25, 0.3) is 0 Å². The van der Waals surface area contributed by atoms with E-state index in [2.05, 4.69) is 15.3 Å². The summed E-state index contributed by atoms with van der Waals surface area (Å²) in [4.78, 5) is 3.69. The fourth-order valence-electron chi connectivity index (χ4n) is 1.13. The Morgan fingerprint density at radius 3 is 2.80 bits per heavy atom. The first-order valence-corrected chi connectivity index (χ1v) is 4.25. The first-order chi connectivity index (χ1) is 6.96. The van der Waals surface area contributed by atoms with Crippen LogP contribution in [0.25, 0.3) is 11.0 Å². The lowest BCUT2D eigenvalue weighted by atomic mass is 10.4. The number of halogens is 4. The number of fused-ring (bicyclic) bond motifs is 1. The summed E-state index contributed by atoms with van der Waals surface area (Å²) in [6.07, 6.45) is -3.06. The molecule has 0 aromatic carbocycles. The van der Waals surface area contributed by atoms with Gasteiger partial charge in [0.15, 0.2) is 0 Å². The number of rotatable bonds is 1. The molecule has 0 radical (unpaired) electrons. The van der Waals surface area contributed by atoms with Crippen molar-refractivity contribution < 1.29 is 13.2 Å². The highest BCUT2D eigenvalue weighted by Crippen LogP contribution is 2.20. The van der Waals surface area contributed by atoms with Crippen LogP contribution >= 0.6 is 11.6 Å². The Bertz CT molecular complexity index is 492. The quantitative estimate of drug-likeness (QED) is 0.712. The Balaban J connectivity index is 2.48. The molecular weight excluding hydrogens is 233 g/mol. The summed E-state index contributed by atoms with van der Waals surface area (Å²) in [6, 6.07) is 1.29. The highest BCUT2D eigenvalue weighted by atomic mass is 35.5. The van der Waals surface area contributed by atoms with Gasteiger partial charge in [-0.05, 0) is 0 Å². The summed E-state index contributed by atoms with van der Waals surface area (Å²) < 4.78 is 37.1.